The molecule has 2 unspecified atom stereocenters. The second-order valence-corrected chi connectivity index (χ2v) is 6.17. The number of hydrogen-bond acceptors (Lipinski definition) is 3. The lowest BCUT2D eigenvalue weighted by atomic mass is 10.1. The molecule has 2 aliphatic heterocycles. The number of carboxylic acids is 1. The SMILES string of the molecule is O=C(O)C1CCCN1C(=O)C1CC(=O)N(CC2CC2)C1. The highest BCUT2D eigenvalue weighted by atomic mass is 16.4. The average molecular weight is 280 g/mol. The Kier molecular flexibility index (Phi) is 3.40. The van der Waals surface area contributed by atoms with Gasteiger partial charge < -0.3 is 14.9 Å². The third kappa shape index (κ3) is 2.51. The van der Waals surface area contributed by atoms with Gasteiger partial charge in [0, 0.05) is 26.1 Å². The van der Waals surface area contributed by atoms with E-state index in [0.29, 0.717) is 25.4 Å². The standard InChI is InChI=1S/C14H20N2O4/c17-12-6-10(8-15(12)7-9-3-4-9)13(18)16-5-1-2-11(16)14(19)20/h9-11H,1-8H2,(H,19,20). The largest absolute Gasteiger partial charge is 0.480 e. The summed E-state index contributed by atoms with van der Waals surface area (Å²) in [6.45, 7) is 1.74. The van der Waals surface area contributed by atoms with E-state index in [9.17, 15) is 14.4 Å². The van der Waals surface area contributed by atoms with Gasteiger partial charge in [0.25, 0.3) is 0 Å². The lowest BCUT2D eigenvalue weighted by Gasteiger charge is -2.24. The van der Waals surface area contributed by atoms with Crippen molar-refractivity contribution in [2.24, 2.45) is 11.8 Å². The molecule has 6 heteroatoms. The fourth-order valence-electron chi connectivity index (χ4n) is 3.25. The predicted molar refractivity (Wildman–Crippen MR) is 69.8 cm³/mol. The molecular weight excluding hydrogens is 260 g/mol. The van der Waals surface area contributed by atoms with Crippen molar-refractivity contribution in [2.45, 2.75) is 38.1 Å². The van der Waals surface area contributed by atoms with E-state index >= 15 is 0 Å². The van der Waals surface area contributed by atoms with Crippen LogP contribution >= 0.6 is 0 Å². The molecule has 3 fully saturated rings. The number of hydrogen-bond donors (Lipinski definition) is 1. The lowest BCUT2D eigenvalue weighted by molar-refractivity contribution is -0.149. The van der Waals surface area contributed by atoms with Crippen LogP contribution in [0.25, 0.3) is 0 Å². The van der Waals surface area contributed by atoms with Crippen LogP contribution in [-0.4, -0.2) is 58.4 Å². The first-order valence-corrected chi connectivity index (χ1v) is 7.37. The van der Waals surface area contributed by atoms with Crippen LogP contribution in [0.1, 0.15) is 32.1 Å². The highest BCUT2D eigenvalue weighted by molar-refractivity contribution is 5.91. The van der Waals surface area contributed by atoms with E-state index in [-0.39, 0.29) is 24.2 Å². The van der Waals surface area contributed by atoms with E-state index in [4.69, 9.17) is 5.11 Å². The van der Waals surface area contributed by atoms with Crippen molar-refractivity contribution in [3.05, 3.63) is 0 Å². The molecule has 1 aliphatic carbocycles. The van der Waals surface area contributed by atoms with Crippen LogP contribution in [0.3, 0.4) is 0 Å². The molecular formula is C14H20N2O4. The summed E-state index contributed by atoms with van der Waals surface area (Å²) >= 11 is 0. The Morgan fingerprint density at radius 2 is 2.00 bits per heavy atom. The summed E-state index contributed by atoms with van der Waals surface area (Å²) in [5, 5.41) is 9.14. The molecule has 2 heterocycles. The van der Waals surface area contributed by atoms with Crippen LogP contribution in [0.2, 0.25) is 0 Å². The van der Waals surface area contributed by atoms with Gasteiger partial charge in [0.1, 0.15) is 6.04 Å². The van der Waals surface area contributed by atoms with E-state index < -0.39 is 12.0 Å². The maximum atomic E-state index is 12.4. The molecule has 1 N–H and O–H groups in total. The zero-order valence-electron chi connectivity index (χ0n) is 11.5. The Labute approximate surface area is 117 Å². The Hall–Kier alpha value is -1.59. The first kappa shape index (κ1) is 13.4. The summed E-state index contributed by atoms with van der Waals surface area (Å²) in [7, 11) is 0. The van der Waals surface area contributed by atoms with Crippen LogP contribution < -0.4 is 0 Å². The van der Waals surface area contributed by atoms with Gasteiger partial charge in [-0.25, -0.2) is 4.79 Å². The van der Waals surface area contributed by atoms with E-state index in [0.717, 1.165) is 13.0 Å². The Morgan fingerprint density at radius 1 is 1.25 bits per heavy atom. The molecule has 0 aromatic carbocycles. The van der Waals surface area contributed by atoms with Gasteiger partial charge in [-0.2, -0.15) is 0 Å². The average Bonchev–Trinajstić information content (AvgIpc) is 2.95. The highest BCUT2D eigenvalue weighted by Gasteiger charge is 2.42. The fourth-order valence-corrected chi connectivity index (χ4v) is 3.25. The maximum absolute atomic E-state index is 12.4. The van der Waals surface area contributed by atoms with Crippen molar-refractivity contribution in [3.8, 4) is 0 Å². The molecule has 6 nitrogen and oxygen atoms in total. The minimum absolute atomic E-state index is 0.0429. The van der Waals surface area contributed by atoms with Crippen molar-refractivity contribution in [3.63, 3.8) is 0 Å². The molecule has 2 atom stereocenters. The monoisotopic (exact) mass is 280 g/mol. The molecule has 0 spiro atoms. The Balaban J connectivity index is 1.62. The number of nitrogens with zero attached hydrogens (tertiary/aromatic N) is 2. The highest BCUT2D eigenvalue weighted by Crippen LogP contribution is 2.32. The van der Waals surface area contributed by atoms with E-state index in [2.05, 4.69) is 0 Å². The number of aliphatic carboxylic acids is 1. The quantitative estimate of drug-likeness (QED) is 0.804. The molecule has 0 aromatic heterocycles. The maximum Gasteiger partial charge on any atom is 0.326 e. The summed E-state index contributed by atoms with van der Waals surface area (Å²) in [6, 6.07) is -0.699. The number of carbonyl (C=O) groups is 3. The number of likely N-dealkylation sites (tertiary alicyclic amines) is 2. The van der Waals surface area contributed by atoms with Crippen LogP contribution in [0.15, 0.2) is 0 Å². The van der Waals surface area contributed by atoms with Gasteiger partial charge in [0.05, 0.1) is 5.92 Å². The van der Waals surface area contributed by atoms with Crippen molar-refractivity contribution in [2.75, 3.05) is 19.6 Å². The van der Waals surface area contributed by atoms with Gasteiger partial charge in [0.15, 0.2) is 0 Å². The molecule has 3 aliphatic rings. The zero-order valence-corrected chi connectivity index (χ0v) is 11.5. The van der Waals surface area contributed by atoms with E-state index in [1.165, 1.54) is 17.7 Å². The predicted octanol–water partition coefficient (Wildman–Crippen LogP) is 0.320. The van der Waals surface area contributed by atoms with Gasteiger partial charge in [0.2, 0.25) is 11.8 Å². The van der Waals surface area contributed by atoms with E-state index in [1.54, 1.807) is 4.90 Å². The second-order valence-electron chi connectivity index (χ2n) is 6.17. The van der Waals surface area contributed by atoms with Crippen LogP contribution in [0.5, 0.6) is 0 Å². The Bertz CT molecular complexity index is 446. The summed E-state index contributed by atoms with van der Waals surface area (Å²) in [6.07, 6.45) is 3.85. The fraction of sp³-hybridized carbons (Fsp3) is 0.786. The molecule has 20 heavy (non-hydrogen) atoms. The van der Waals surface area contributed by atoms with Crippen molar-refractivity contribution in [1.82, 2.24) is 9.80 Å². The van der Waals surface area contributed by atoms with Crippen molar-refractivity contribution < 1.29 is 19.5 Å². The number of carbonyl (C=O) groups excluding carboxylic acids is 2. The van der Waals surface area contributed by atoms with Crippen LogP contribution in [0, 0.1) is 11.8 Å². The lowest BCUT2D eigenvalue weighted by Crippen LogP contribution is -2.44. The minimum atomic E-state index is -0.935. The van der Waals surface area contributed by atoms with Gasteiger partial charge >= 0.3 is 5.97 Å². The summed E-state index contributed by atoms with van der Waals surface area (Å²) in [4.78, 5) is 38.7. The Morgan fingerprint density at radius 3 is 2.65 bits per heavy atom. The van der Waals surface area contributed by atoms with Crippen molar-refractivity contribution in [1.29, 1.82) is 0 Å². The normalized spacial score (nSPS) is 30.1. The minimum Gasteiger partial charge on any atom is -0.480 e. The second kappa shape index (κ2) is 5.07. The number of amides is 2. The molecule has 3 rings (SSSR count). The zero-order chi connectivity index (χ0) is 14.3. The molecule has 0 aromatic rings. The number of rotatable bonds is 4. The van der Waals surface area contributed by atoms with Gasteiger partial charge in [-0.15, -0.1) is 0 Å². The summed E-state index contributed by atoms with van der Waals surface area (Å²) in [5.41, 5.74) is 0. The molecule has 0 radical (unpaired) electrons. The topological polar surface area (TPSA) is 77.9 Å². The molecule has 110 valence electrons. The molecule has 0 bridgehead atoms. The third-order valence-electron chi connectivity index (χ3n) is 4.56. The first-order chi connectivity index (χ1) is 9.56. The smallest absolute Gasteiger partial charge is 0.326 e. The molecule has 1 saturated carbocycles. The molecule has 2 saturated heterocycles. The number of carboxylic acid groups (broad SMARTS) is 1. The summed E-state index contributed by atoms with van der Waals surface area (Å²) < 4.78 is 0. The van der Waals surface area contributed by atoms with Crippen LogP contribution in [0.4, 0.5) is 0 Å². The van der Waals surface area contributed by atoms with Crippen LogP contribution in [-0.2, 0) is 14.4 Å². The first-order valence-electron chi connectivity index (χ1n) is 7.37. The van der Waals surface area contributed by atoms with Gasteiger partial charge in [-0.05, 0) is 31.6 Å². The van der Waals surface area contributed by atoms with Gasteiger partial charge in [-0.1, -0.05) is 0 Å². The van der Waals surface area contributed by atoms with E-state index in [1.807, 2.05) is 0 Å². The van der Waals surface area contributed by atoms with Gasteiger partial charge in [-0.3, -0.25) is 9.59 Å². The third-order valence-corrected chi connectivity index (χ3v) is 4.56. The van der Waals surface area contributed by atoms with Crippen molar-refractivity contribution >= 4 is 17.8 Å². The molecule has 2 amide bonds. The summed E-state index contributed by atoms with van der Waals surface area (Å²) in [5.74, 6) is -0.773.